The second kappa shape index (κ2) is 3.81. The highest BCUT2D eigenvalue weighted by Gasteiger charge is 2.27. The first-order valence-corrected chi connectivity index (χ1v) is 7.80. The van der Waals surface area contributed by atoms with Crippen LogP contribution in [0.2, 0.25) is 0 Å². The standard InChI is InChI=1S/C14H19N3S/c1-9(2)16-7-6-10-12(8-16)17-11-4-3-5-13(11)18-14(17)15-10/h9H,3-8H2,1-2H3. The predicted octanol–water partition coefficient (Wildman–Crippen LogP) is 2.65. The van der Waals surface area contributed by atoms with Gasteiger partial charge in [-0.15, -0.1) is 11.3 Å². The molecule has 0 fully saturated rings. The minimum atomic E-state index is 0.635. The maximum atomic E-state index is 4.87. The highest BCUT2D eigenvalue weighted by atomic mass is 32.1. The summed E-state index contributed by atoms with van der Waals surface area (Å²) in [7, 11) is 0. The summed E-state index contributed by atoms with van der Waals surface area (Å²) in [6, 6.07) is 0.635. The lowest BCUT2D eigenvalue weighted by molar-refractivity contribution is 0.199. The highest BCUT2D eigenvalue weighted by molar-refractivity contribution is 7.17. The zero-order valence-electron chi connectivity index (χ0n) is 11.1. The first-order chi connectivity index (χ1) is 8.74. The molecule has 0 aromatic carbocycles. The van der Waals surface area contributed by atoms with Crippen molar-refractivity contribution in [2.45, 2.75) is 52.1 Å². The van der Waals surface area contributed by atoms with Crippen LogP contribution in [0.15, 0.2) is 0 Å². The molecule has 1 aliphatic carbocycles. The third-order valence-electron chi connectivity index (χ3n) is 4.37. The Kier molecular flexibility index (Phi) is 2.33. The van der Waals surface area contributed by atoms with Crippen molar-refractivity contribution in [3.8, 4) is 0 Å². The monoisotopic (exact) mass is 261 g/mol. The zero-order chi connectivity index (χ0) is 12.3. The van der Waals surface area contributed by atoms with Gasteiger partial charge in [-0.1, -0.05) is 0 Å². The fourth-order valence-electron chi connectivity index (χ4n) is 3.30. The summed E-state index contributed by atoms with van der Waals surface area (Å²) >= 11 is 1.92. The summed E-state index contributed by atoms with van der Waals surface area (Å²) in [5.74, 6) is 0. The van der Waals surface area contributed by atoms with Gasteiger partial charge in [0, 0.05) is 36.1 Å². The third-order valence-corrected chi connectivity index (χ3v) is 5.51. The molecule has 0 bridgehead atoms. The van der Waals surface area contributed by atoms with Crippen LogP contribution in [0.3, 0.4) is 0 Å². The molecule has 3 nitrogen and oxygen atoms in total. The van der Waals surface area contributed by atoms with E-state index >= 15 is 0 Å². The summed E-state index contributed by atoms with van der Waals surface area (Å²) in [5.41, 5.74) is 4.39. The summed E-state index contributed by atoms with van der Waals surface area (Å²) in [4.78, 5) is 10.3. The quantitative estimate of drug-likeness (QED) is 0.786. The minimum Gasteiger partial charge on any atom is -0.295 e. The normalized spacial score (nSPS) is 19.7. The van der Waals surface area contributed by atoms with E-state index in [2.05, 4.69) is 23.1 Å². The molecule has 0 amide bonds. The molecule has 2 aromatic rings. The van der Waals surface area contributed by atoms with Crippen molar-refractivity contribution in [2.75, 3.05) is 6.54 Å². The van der Waals surface area contributed by atoms with Gasteiger partial charge >= 0.3 is 0 Å². The van der Waals surface area contributed by atoms with Gasteiger partial charge in [-0.3, -0.25) is 9.30 Å². The van der Waals surface area contributed by atoms with Gasteiger partial charge in [0.25, 0.3) is 0 Å². The lowest BCUT2D eigenvalue weighted by Gasteiger charge is -2.30. The Balaban J connectivity index is 1.86. The van der Waals surface area contributed by atoms with E-state index in [1.54, 1.807) is 10.6 Å². The number of imidazole rings is 1. The Morgan fingerprint density at radius 3 is 2.89 bits per heavy atom. The summed E-state index contributed by atoms with van der Waals surface area (Å²) in [6.07, 6.45) is 4.97. The Hall–Kier alpha value is -0.870. The van der Waals surface area contributed by atoms with Gasteiger partial charge in [-0.25, -0.2) is 4.98 Å². The maximum Gasteiger partial charge on any atom is 0.194 e. The molecular weight excluding hydrogens is 242 g/mol. The van der Waals surface area contributed by atoms with E-state index in [0.29, 0.717) is 6.04 Å². The number of fused-ring (bicyclic) bond motifs is 5. The molecule has 0 atom stereocenters. The SMILES string of the molecule is CC(C)N1CCc2nc3sc4c(n3c2C1)CCC4. The average molecular weight is 261 g/mol. The molecule has 0 spiro atoms. The summed E-state index contributed by atoms with van der Waals surface area (Å²) in [6.45, 7) is 6.83. The number of thiazole rings is 1. The summed E-state index contributed by atoms with van der Waals surface area (Å²) in [5, 5.41) is 0. The number of rotatable bonds is 1. The van der Waals surface area contributed by atoms with Gasteiger partial charge in [0.1, 0.15) is 0 Å². The van der Waals surface area contributed by atoms with E-state index in [0.717, 1.165) is 19.5 Å². The van der Waals surface area contributed by atoms with Crippen LogP contribution in [0.4, 0.5) is 0 Å². The molecule has 2 aromatic heterocycles. The van der Waals surface area contributed by atoms with Crippen LogP contribution in [0, 0.1) is 0 Å². The molecule has 4 rings (SSSR count). The summed E-state index contributed by atoms with van der Waals surface area (Å²) < 4.78 is 2.48. The van der Waals surface area contributed by atoms with E-state index in [9.17, 15) is 0 Å². The first kappa shape index (κ1) is 11.0. The number of hydrogen-bond donors (Lipinski definition) is 0. The van der Waals surface area contributed by atoms with Crippen LogP contribution in [0.25, 0.3) is 4.96 Å². The fraction of sp³-hybridized carbons (Fsp3) is 0.643. The van der Waals surface area contributed by atoms with E-state index in [4.69, 9.17) is 4.98 Å². The maximum absolute atomic E-state index is 4.87. The Morgan fingerprint density at radius 1 is 1.17 bits per heavy atom. The van der Waals surface area contributed by atoms with Crippen LogP contribution in [0.1, 0.15) is 42.2 Å². The number of nitrogens with zero attached hydrogens (tertiary/aromatic N) is 3. The largest absolute Gasteiger partial charge is 0.295 e. The average Bonchev–Trinajstić information content (AvgIpc) is 2.96. The molecule has 4 heteroatoms. The molecule has 2 aliphatic rings. The molecule has 0 saturated carbocycles. The van der Waals surface area contributed by atoms with Crippen molar-refractivity contribution in [3.63, 3.8) is 0 Å². The number of aromatic nitrogens is 2. The number of hydrogen-bond acceptors (Lipinski definition) is 3. The molecule has 0 unspecified atom stereocenters. The molecule has 0 N–H and O–H groups in total. The zero-order valence-corrected chi connectivity index (χ0v) is 11.9. The number of aryl methyl sites for hydroxylation is 2. The molecule has 0 saturated heterocycles. The third kappa shape index (κ3) is 1.42. The van der Waals surface area contributed by atoms with Crippen LogP contribution in [-0.2, 0) is 25.8 Å². The smallest absolute Gasteiger partial charge is 0.194 e. The predicted molar refractivity (Wildman–Crippen MR) is 74.3 cm³/mol. The van der Waals surface area contributed by atoms with Gasteiger partial charge in [-0.05, 0) is 33.1 Å². The van der Waals surface area contributed by atoms with E-state index in [1.165, 1.54) is 35.6 Å². The van der Waals surface area contributed by atoms with Gasteiger partial charge in [0.05, 0.1) is 11.4 Å². The van der Waals surface area contributed by atoms with E-state index < -0.39 is 0 Å². The van der Waals surface area contributed by atoms with Gasteiger partial charge in [-0.2, -0.15) is 0 Å². The first-order valence-electron chi connectivity index (χ1n) is 6.99. The van der Waals surface area contributed by atoms with Gasteiger partial charge in [0.15, 0.2) is 4.96 Å². The molecule has 3 heterocycles. The van der Waals surface area contributed by atoms with Crippen molar-refractivity contribution in [3.05, 3.63) is 22.0 Å². The molecule has 1 aliphatic heterocycles. The van der Waals surface area contributed by atoms with Crippen molar-refractivity contribution in [1.82, 2.24) is 14.3 Å². The van der Waals surface area contributed by atoms with Crippen molar-refractivity contribution in [1.29, 1.82) is 0 Å². The Bertz CT molecular complexity index is 608. The minimum absolute atomic E-state index is 0.635. The van der Waals surface area contributed by atoms with Gasteiger partial charge in [0.2, 0.25) is 0 Å². The fourth-order valence-corrected chi connectivity index (χ4v) is 4.55. The molecular formula is C14H19N3S. The van der Waals surface area contributed by atoms with Crippen LogP contribution < -0.4 is 0 Å². The second-order valence-corrected chi connectivity index (χ2v) is 6.82. The van der Waals surface area contributed by atoms with E-state index in [1.807, 2.05) is 11.3 Å². The van der Waals surface area contributed by atoms with Crippen LogP contribution in [0.5, 0.6) is 0 Å². The van der Waals surface area contributed by atoms with Crippen molar-refractivity contribution in [2.24, 2.45) is 0 Å². The van der Waals surface area contributed by atoms with Crippen LogP contribution >= 0.6 is 11.3 Å². The lowest BCUT2D eigenvalue weighted by Crippen LogP contribution is -2.36. The lowest BCUT2D eigenvalue weighted by atomic mass is 10.1. The van der Waals surface area contributed by atoms with Crippen molar-refractivity contribution >= 4 is 16.3 Å². The van der Waals surface area contributed by atoms with Crippen LogP contribution in [-0.4, -0.2) is 26.9 Å². The molecule has 18 heavy (non-hydrogen) atoms. The molecule has 0 radical (unpaired) electrons. The van der Waals surface area contributed by atoms with Gasteiger partial charge < -0.3 is 0 Å². The Morgan fingerprint density at radius 2 is 2.06 bits per heavy atom. The molecule has 96 valence electrons. The highest BCUT2D eigenvalue weighted by Crippen LogP contribution is 2.34. The second-order valence-electron chi connectivity index (χ2n) is 5.76. The van der Waals surface area contributed by atoms with Crippen molar-refractivity contribution < 1.29 is 0 Å². The topological polar surface area (TPSA) is 20.5 Å². The van der Waals surface area contributed by atoms with E-state index in [-0.39, 0.29) is 0 Å². The Labute approximate surface area is 111 Å².